The van der Waals surface area contributed by atoms with E-state index in [1.54, 1.807) is 48.5 Å². The molecule has 0 saturated heterocycles. The minimum absolute atomic E-state index is 0.222. The molecule has 2 aromatic rings. The summed E-state index contributed by atoms with van der Waals surface area (Å²) in [5.41, 5.74) is 0.819. The van der Waals surface area contributed by atoms with E-state index in [-0.39, 0.29) is 11.5 Å². The predicted molar refractivity (Wildman–Crippen MR) is 74.2 cm³/mol. The van der Waals surface area contributed by atoms with Crippen LogP contribution >= 0.6 is 0 Å². The maximum absolute atomic E-state index is 12.5. The summed E-state index contributed by atoms with van der Waals surface area (Å²) in [6.07, 6.45) is 0. The molecule has 0 aromatic heterocycles. The van der Waals surface area contributed by atoms with Crippen LogP contribution in [0.5, 0.6) is 11.5 Å². The third kappa shape index (κ3) is 3.03. The number of rotatable bonds is 4. The minimum Gasteiger partial charge on any atom is -0.497 e. The highest BCUT2D eigenvalue weighted by atomic mass is 16.5. The van der Waals surface area contributed by atoms with Crippen molar-refractivity contribution in [1.82, 2.24) is 0 Å². The smallest absolute Gasteiger partial charge is 0.308 e. The van der Waals surface area contributed by atoms with Crippen LogP contribution in [0.25, 0.3) is 0 Å². The summed E-state index contributed by atoms with van der Waals surface area (Å²) in [5.74, 6) is 0.172. The van der Waals surface area contributed by atoms with Gasteiger partial charge in [-0.3, -0.25) is 9.59 Å². The molecule has 0 amide bonds. The van der Waals surface area contributed by atoms with Gasteiger partial charge < -0.3 is 9.47 Å². The Morgan fingerprint density at radius 1 is 1.00 bits per heavy atom. The Morgan fingerprint density at radius 3 is 2.45 bits per heavy atom. The van der Waals surface area contributed by atoms with Crippen LogP contribution in [0.1, 0.15) is 22.8 Å². The third-order valence-electron chi connectivity index (χ3n) is 2.72. The summed E-state index contributed by atoms with van der Waals surface area (Å²) < 4.78 is 10.2. The van der Waals surface area contributed by atoms with Gasteiger partial charge in [-0.1, -0.05) is 24.3 Å². The molecular weight excluding hydrogens is 256 g/mol. The van der Waals surface area contributed by atoms with Crippen molar-refractivity contribution in [2.24, 2.45) is 0 Å². The van der Waals surface area contributed by atoms with Crippen LogP contribution in [0, 0.1) is 0 Å². The van der Waals surface area contributed by atoms with Crippen molar-refractivity contribution in [2.45, 2.75) is 6.92 Å². The molecule has 0 aliphatic heterocycles. The summed E-state index contributed by atoms with van der Waals surface area (Å²) in [6.45, 7) is 1.30. The number of ether oxygens (including phenoxy) is 2. The fraction of sp³-hybridized carbons (Fsp3) is 0.125. The number of hydrogen-bond acceptors (Lipinski definition) is 4. The molecule has 0 aliphatic carbocycles. The lowest BCUT2D eigenvalue weighted by Gasteiger charge is -2.08. The van der Waals surface area contributed by atoms with Crippen molar-refractivity contribution in [3.8, 4) is 11.5 Å². The first-order chi connectivity index (χ1) is 9.61. The molecule has 2 rings (SSSR count). The van der Waals surface area contributed by atoms with Gasteiger partial charge in [-0.05, 0) is 24.3 Å². The summed E-state index contributed by atoms with van der Waals surface area (Å²) in [4.78, 5) is 23.5. The molecule has 0 unspecified atom stereocenters. The number of ketones is 1. The van der Waals surface area contributed by atoms with Gasteiger partial charge in [-0.2, -0.15) is 0 Å². The van der Waals surface area contributed by atoms with Crippen LogP contribution in [-0.4, -0.2) is 18.9 Å². The lowest BCUT2D eigenvalue weighted by Crippen LogP contribution is -2.08. The fourth-order valence-corrected chi connectivity index (χ4v) is 1.82. The topological polar surface area (TPSA) is 52.6 Å². The summed E-state index contributed by atoms with van der Waals surface area (Å²) in [6, 6.07) is 13.5. The van der Waals surface area contributed by atoms with Gasteiger partial charge in [-0.15, -0.1) is 0 Å². The Hall–Kier alpha value is -2.62. The van der Waals surface area contributed by atoms with Crippen LogP contribution in [0.15, 0.2) is 48.5 Å². The predicted octanol–water partition coefficient (Wildman–Crippen LogP) is 2.85. The molecule has 0 saturated carbocycles. The SMILES string of the molecule is COc1cccc(C(=O)c2ccccc2OC(C)=O)c1. The van der Waals surface area contributed by atoms with Crippen molar-refractivity contribution < 1.29 is 19.1 Å². The average molecular weight is 270 g/mol. The number of carbonyl (C=O) groups excluding carboxylic acids is 2. The first-order valence-electron chi connectivity index (χ1n) is 6.08. The van der Waals surface area contributed by atoms with Crippen LogP contribution in [0.3, 0.4) is 0 Å². The van der Waals surface area contributed by atoms with Crippen molar-refractivity contribution in [3.63, 3.8) is 0 Å². The van der Waals surface area contributed by atoms with E-state index in [2.05, 4.69) is 0 Å². The van der Waals surface area contributed by atoms with E-state index in [1.807, 2.05) is 0 Å². The first kappa shape index (κ1) is 13.8. The van der Waals surface area contributed by atoms with Gasteiger partial charge in [0.15, 0.2) is 5.78 Å². The Kier molecular flexibility index (Phi) is 4.15. The average Bonchev–Trinajstić information content (AvgIpc) is 2.46. The molecule has 4 heteroatoms. The van der Waals surface area contributed by atoms with Crippen LogP contribution in [-0.2, 0) is 4.79 Å². The highest BCUT2D eigenvalue weighted by Crippen LogP contribution is 2.23. The van der Waals surface area contributed by atoms with E-state index in [0.29, 0.717) is 16.9 Å². The Bertz CT molecular complexity index is 646. The van der Waals surface area contributed by atoms with E-state index in [9.17, 15) is 9.59 Å². The van der Waals surface area contributed by atoms with Crippen molar-refractivity contribution >= 4 is 11.8 Å². The number of methoxy groups -OCH3 is 1. The number of benzene rings is 2. The molecule has 0 atom stereocenters. The standard InChI is InChI=1S/C16H14O4/c1-11(17)20-15-9-4-3-8-14(15)16(18)12-6-5-7-13(10-12)19-2/h3-10H,1-2H3. The van der Waals surface area contributed by atoms with Gasteiger partial charge in [-0.25, -0.2) is 0 Å². The van der Waals surface area contributed by atoms with Crippen LogP contribution in [0.2, 0.25) is 0 Å². The number of carbonyl (C=O) groups is 2. The van der Waals surface area contributed by atoms with Crippen LogP contribution < -0.4 is 9.47 Å². The van der Waals surface area contributed by atoms with Gasteiger partial charge in [0.05, 0.1) is 12.7 Å². The second-order valence-corrected chi connectivity index (χ2v) is 4.15. The molecule has 0 spiro atoms. The van der Waals surface area contributed by atoms with Gasteiger partial charge >= 0.3 is 5.97 Å². The molecule has 0 aliphatic rings. The molecule has 2 aromatic carbocycles. The molecule has 102 valence electrons. The zero-order valence-corrected chi connectivity index (χ0v) is 11.3. The summed E-state index contributed by atoms with van der Waals surface area (Å²) >= 11 is 0. The van der Waals surface area contributed by atoms with Gasteiger partial charge in [0, 0.05) is 12.5 Å². The van der Waals surface area contributed by atoms with Crippen molar-refractivity contribution in [3.05, 3.63) is 59.7 Å². The maximum atomic E-state index is 12.5. The molecule has 0 heterocycles. The second-order valence-electron chi connectivity index (χ2n) is 4.15. The zero-order chi connectivity index (χ0) is 14.5. The number of esters is 1. The van der Waals surface area contributed by atoms with Gasteiger partial charge in [0.1, 0.15) is 11.5 Å². The summed E-state index contributed by atoms with van der Waals surface area (Å²) in [5, 5.41) is 0. The Labute approximate surface area is 116 Å². The Balaban J connectivity index is 2.40. The first-order valence-corrected chi connectivity index (χ1v) is 6.08. The number of para-hydroxylation sites is 1. The van der Waals surface area contributed by atoms with E-state index < -0.39 is 5.97 Å². The summed E-state index contributed by atoms with van der Waals surface area (Å²) in [7, 11) is 1.54. The van der Waals surface area contributed by atoms with Crippen molar-refractivity contribution in [2.75, 3.05) is 7.11 Å². The Morgan fingerprint density at radius 2 is 1.75 bits per heavy atom. The van der Waals surface area contributed by atoms with Gasteiger partial charge in [0.2, 0.25) is 0 Å². The highest BCUT2D eigenvalue weighted by molar-refractivity contribution is 6.11. The fourth-order valence-electron chi connectivity index (χ4n) is 1.82. The molecule has 0 fully saturated rings. The van der Waals surface area contributed by atoms with E-state index in [1.165, 1.54) is 14.0 Å². The minimum atomic E-state index is -0.462. The third-order valence-corrected chi connectivity index (χ3v) is 2.72. The monoisotopic (exact) mass is 270 g/mol. The lowest BCUT2D eigenvalue weighted by molar-refractivity contribution is -0.131. The lowest BCUT2D eigenvalue weighted by atomic mass is 10.0. The quantitative estimate of drug-likeness (QED) is 0.487. The maximum Gasteiger partial charge on any atom is 0.308 e. The largest absolute Gasteiger partial charge is 0.497 e. The normalized spacial score (nSPS) is 9.90. The molecule has 0 radical (unpaired) electrons. The molecule has 0 N–H and O–H groups in total. The van der Waals surface area contributed by atoms with E-state index >= 15 is 0 Å². The van der Waals surface area contributed by atoms with Gasteiger partial charge in [0.25, 0.3) is 0 Å². The van der Waals surface area contributed by atoms with Crippen molar-refractivity contribution in [1.29, 1.82) is 0 Å². The van der Waals surface area contributed by atoms with E-state index in [0.717, 1.165) is 0 Å². The number of hydrogen-bond donors (Lipinski definition) is 0. The highest BCUT2D eigenvalue weighted by Gasteiger charge is 2.15. The molecule has 0 bridgehead atoms. The second kappa shape index (κ2) is 6.02. The van der Waals surface area contributed by atoms with Crippen LogP contribution in [0.4, 0.5) is 0 Å². The molecule has 20 heavy (non-hydrogen) atoms. The molecular formula is C16H14O4. The zero-order valence-electron chi connectivity index (χ0n) is 11.3. The molecule has 4 nitrogen and oxygen atoms in total. The van der Waals surface area contributed by atoms with E-state index in [4.69, 9.17) is 9.47 Å².